The van der Waals surface area contributed by atoms with Crippen molar-refractivity contribution in [3.05, 3.63) is 82.9 Å². The average molecular weight is 432 g/mol. The van der Waals surface area contributed by atoms with Gasteiger partial charge in [0.1, 0.15) is 11.5 Å². The zero-order valence-electron chi connectivity index (χ0n) is 17.0. The van der Waals surface area contributed by atoms with Gasteiger partial charge in [0.15, 0.2) is 0 Å². The maximum Gasteiger partial charge on any atom is 1.00 e. The van der Waals surface area contributed by atoms with Crippen LogP contribution in [-0.4, -0.2) is 22.2 Å². The van der Waals surface area contributed by atoms with E-state index in [0.29, 0.717) is 21.5 Å². The van der Waals surface area contributed by atoms with E-state index >= 15 is 0 Å². The summed E-state index contributed by atoms with van der Waals surface area (Å²) in [5.41, 5.74) is -0.256. The molecular weight excluding hydrogens is 418 g/mol. The molecule has 0 heterocycles. The van der Waals surface area contributed by atoms with Crippen LogP contribution in [0.15, 0.2) is 60.7 Å². The van der Waals surface area contributed by atoms with E-state index in [9.17, 15) is 30.0 Å². The van der Waals surface area contributed by atoms with Crippen LogP contribution in [0.2, 0.25) is 0 Å². The van der Waals surface area contributed by atoms with E-state index in [1.54, 1.807) is 48.5 Å². The van der Waals surface area contributed by atoms with Crippen molar-refractivity contribution in [3.8, 4) is 11.5 Å². The van der Waals surface area contributed by atoms with Crippen molar-refractivity contribution in [2.24, 2.45) is 0 Å². The number of carbonyl (C=O) groups excluding carboxylic acids is 2. The second-order valence-electron chi connectivity index (χ2n) is 6.70. The molecule has 0 saturated heterocycles. The molecule has 6 nitrogen and oxygen atoms in total. The molecule has 4 aromatic rings. The summed E-state index contributed by atoms with van der Waals surface area (Å²) < 4.78 is 0. The fourth-order valence-corrected chi connectivity index (χ4v) is 3.67. The van der Waals surface area contributed by atoms with Crippen molar-refractivity contribution >= 4 is 33.5 Å². The topological polar surface area (TPSA) is 121 Å². The van der Waals surface area contributed by atoms with Gasteiger partial charge in [-0.1, -0.05) is 48.5 Å². The van der Waals surface area contributed by atoms with Gasteiger partial charge in [0.25, 0.3) is 0 Å². The number of rotatable bonds is 4. The Bertz CT molecular complexity index is 1220. The third-order valence-electron chi connectivity index (χ3n) is 5.05. The smallest absolute Gasteiger partial charge is 0.545 e. The van der Waals surface area contributed by atoms with E-state index in [2.05, 4.69) is 0 Å². The van der Waals surface area contributed by atoms with Crippen molar-refractivity contribution in [2.45, 2.75) is 6.42 Å². The molecule has 4 rings (SSSR count). The molecule has 8 heteroatoms. The van der Waals surface area contributed by atoms with E-state index < -0.39 is 23.4 Å². The van der Waals surface area contributed by atoms with Gasteiger partial charge < -0.3 is 30.0 Å². The number of phenols is 2. The van der Waals surface area contributed by atoms with Crippen LogP contribution in [-0.2, 0) is 6.42 Å². The number of aromatic hydroxyl groups is 2. The maximum atomic E-state index is 11.5. The first kappa shape index (κ1) is 25.2. The summed E-state index contributed by atoms with van der Waals surface area (Å²) in [4.78, 5) is 23.0. The zero-order valence-corrected chi connectivity index (χ0v) is 21.0. The molecule has 31 heavy (non-hydrogen) atoms. The Labute approximate surface area is 221 Å². The zero-order chi connectivity index (χ0) is 20.7. The Kier molecular flexibility index (Phi) is 8.16. The first-order chi connectivity index (χ1) is 13.9. The molecule has 0 bridgehead atoms. The summed E-state index contributed by atoms with van der Waals surface area (Å²) in [6, 6.07) is 16.4. The van der Waals surface area contributed by atoms with Gasteiger partial charge in [-0.05, 0) is 33.7 Å². The van der Waals surface area contributed by atoms with Crippen LogP contribution in [0.3, 0.4) is 0 Å². The predicted octanol–water partition coefficient (Wildman–Crippen LogP) is -4.27. The molecule has 0 unspecified atom stereocenters. The van der Waals surface area contributed by atoms with Gasteiger partial charge >= 0.3 is 59.1 Å². The summed E-state index contributed by atoms with van der Waals surface area (Å²) in [5, 5.41) is 46.5. The van der Waals surface area contributed by atoms with Gasteiger partial charge in [0.2, 0.25) is 0 Å². The van der Waals surface area contributed by atoms with E-state index in [0.717, 1.165) is 0 Å². The van der Waals surface area contributed by atoms with E-state index in [4.69, 9.17) is 0 Å². The average Bonchev–Trinajstić information content (AvgIpc) is 2.70. The molecule has 0 amide bonds. The Morgan fingerprint density at radius 1 is 0.677 bits per heavy atom. The molecule has 0 fully saturated rings. The molecule has 0 spiro atoms. The monoisotopic (exact) mass is 432 g/mol. The Balaban J connectivity index is 0.00000171. The minimum Gasteiger partial charge on any atom is -0.545 e. The Morgan fingerprint density at radius 2 is 1.03 bits per heavy atom. The van der Waals surface area contributed by atoms with Crippen LogP contribution in [0.5, 0.6) is 11.5 Å². The molecule has 0 aliphatic rings. The number of benzene rings is 4. The molecule has 0 aliphatic heterocycles. The minimum atomic E-state index is -1.54. The van der Waals surface area contributed by atoms with Crippen molar-refractivity contribution in [1.29, 1.82) is 0 Å². The molecule has 0 aliphatic carbocycles. The summed E-state index contributed by atoms with van der Waals surface area (Å²) in [7, 11) is 0. The van der Waals surface area contributed by atoms with Gasteiger partial charge in [-0.15, -0.1) is 0 Å². The van der Waals surface area contributed by atoms with Crippen molar-refractivity contribution < 1.29 is 89.1 Å². The van der Waals surface area contributed by atoms with Gasteiger partial charge in [0, 0.05) is 28.7 Å². The van der Waals surface area contributed by atoms with E-state index in [-0.39, 0.29) is 87.8 Å². The number of carbonyl (C=O) groups is 2. The summed E-state index contributed by atoms with van der Waals surface area (Å²) in [6.45, 7) is 0. The first-order valence-electron chi connectivity index (χ1n) is 8.78. The number of aromatic carboxylic acids is 2. The Morgan fingerprint density at radius 3 is 1.39 bits per heavy atom. The van der Waals surface area contributed by atoms with Crippen LogP contribution < -0.4 is 69.3 Å². The minimum absolute atomic E-state index is 0. The van der Waals surface area contributed by atoms with E-state index in [1.165, 1.54) is 12.1 Å². The quantitative estimate of drug-likeness (QED) is 0.315. The van der Waals surface area contributed by atoms with Crippen LogP contribution in [0.4, 0.5) is 0 Å². The number of fused-ring (bicyclic) bond motifs is 2. The Hall–Kier alpha value is -2.06. The third-order valence-corrected chi connectivity index (χ3v) is 5.05. The first-order valence-corrected chi connectivity index (χ1v) is 8.78. The molecule has 4 aromatic carbocycles. The largest absolute Gasteiger partial charge is 1.00 e. The van der Waals surface area contributed by atoms with Gasteiger partial charge in [0.05, 0.1) is 11.9 Å². The number of carboxylic acid groups (broad SMARTS) is 2. The predicted molar refractivity (Wildman–Crippen MR) is 103 cm³/mol. The number of carboxylic acids is 2. The van der Waals surface area contributed by atoms with Crippen molar-refractivity contribution in [2.75, 3.05) is 0 Å². The molecular formula is C23H14Na2O6. The van der Waals surface area contributed by atoms with Crippen molar-refractivity contribution in [1.82, 2.24) is 0 Å². The molecule has 0 atom stereocenters. The number of hydrogen-bond acceptors (Lipinski definition) is 6. The fourth-order valence-electron chi connectivity index (χ4n) is 3.67. The fraction of sp³-hybridized carbons (Fsp3) is 0.0435. The molecule has 144 valence electrons. The summed E-state index contributed by atoms with van der Waals surface area (Å²) in [5.74, 6) is -4.03. The van der Waals surface area contributed by atoms with Gasteiger partial charge in [-0.2, -0.15) is 0 Å². The van der Waals surface area contributed by atoms with E-state index in [1.807, 2.05) is 0 Å². The van der Waals surface area contributed by atoms with Crippen molar-refractivity contribution in [3.63, 3.8) is 0 Å². The standard InChI is InChI=1S/C23H16O6.2Na/c24-20-16(14-7-3-1-5-12(14)9-18(20)22(26)27)11-17-15-8-4-2-6-13(15)10-19(21(17)25)23(28)29;;/h1-10,24-25H,11H2,(H,26,27)(H,28,29);;/q;2*+1/p-2. The summed E-state index contributed by atoms with van der Waals surface area (Å²) >= 11 is 0. The maximum absolute atomic E-state index is 11.5. The van der Waals surface area contributed by atoms with Gasteiger partial charge in [-0.3, -0.25) is 0 Å². The second kappa shape index (κ2) is 10.0. The molecule has 0 radical (unpaired) electrons. The molecule has 0 saturated carbocycles. The summed E-state index contributed by atoms with van der Waals surface area (Å²) in [6.07, 6.45) is -0.0963. The number of hydrogen-bond donors (Lipinski definition) is 2. The SMILES string of the molecule is O=C([O-])c1cc2ccccc2c(Cc2c(O)c(C(=O)[O-])cc3ccccc23)c1O.[Na+].[Na+]. The van der Waals surface area contributed by atoms with Crippen LogP contribution >= 0.6 is 0 Å². The normalized spacial score (nSPS) is 10.3. The molecule has 0 aromatic heterocycles. The van der Waals surface area contributed by atoms with Crippen LogP contribution in [0.1, 0.15) is 31.8 Å². The third kappa shape index (κ3) is 4.60. The van der Waals surface area contributed by atoms with Crippen LogP contribution in [0.25, 0.3) is 21.5 Å². The van der Waals surface area contributed by atoms with Gasteiger partial charge in [-0.25, -0.2) is 0 Å². The second-order valence-corrected chi connectivity index (χ2v) is 6.70. The molecule has 2 N–H and O–H groups in total. The van der Waals surface area contributed by atoms with Crippen LogP contribution in [0, 0.1) is 0 Å².